The molecule has 0 aliphatic carbocycles. The Kier molecular flexibility index (Phi) is 7.15. The lowest BCUT2D eigenvalue weighted by atomic mass is 10.2. The van der Waals surface area contributed by atoms with Gasteiger partial charge in [-0.2, -0.15) is 0 Å². The molecule has 0 radical (unpaired) electrons. The van der Waals surface area contributed by atoms with Crippen LogP contribution in [0.4, 0.5) is 5.69 Å². The first-order valence-electron chi connectivity index (χ1n) is 10.6. The number of methoxy groups -OCH3 is 1. The summed E-state index contributed by atoms with van der Waals surface area (Å²) in [5, 5.41) is 2.12. The Morgan fingerprint density at radius 2 is 1.84 bits per heavy atom. The van der Waals surface area contributed by atoms with Crippen LogP contribution in [0.3, 0.4) is 0 Å². The molecule has 0 bridgehead atoms. The quantitative estimate of drug-likeness (QED) is 0.489. The van der Waals surface area contributed by atoms with Gasteiger partial charge in [0, 0.05) is 24.5 Å². The van der Waals surface area contributed by atoms with E-state index in [0.29, 0.717) is 16.3 Å². The Morgan fingerprint density at radius 1 is 1.09 bits per heavy atom. The molecule has 0 spiro atoms. The number of thiophene rings is 1. The van der Waals surface area contributed by atoms with Crippen LogP contribution in [0.2, 0.25) is 0 Å². The number of nitrogens with zero attached hydrogens (tertiary/aromatic N) is 2. The highest BCUT2D eigenvalue weighted by Gasteiger charge is 2.26. The van der Waals surface area contributed by atoms with Gasteiger partial charge >= 0.3 is 0 Å². The Labute approximate surface area is 194 Å². The molecule has 1 aliphatic heterocycles. The van der Waals surface area contributed by atoms with Crippen molar-refractivity contribution in [1.29, 1.82) is 0 Å². The molecule has 8 heteroatoms. The number of rotatable bonds is 8. The molecule has 1 fully saturated rings. The Morgan fingerprint density at radius 3 is 2.53 bits per heavy atom. The molecule has 4 rings (SSSR count). The molecule has 3 aromatic rings. The summed E-state index contributed by atoms with van der Waals surface area (Å²) in [4.78, 5) is 3.65. The Bertz CT molecular complexity index is 1140. The van der Waals surface area contributed by atoms with Gasteiger partial charge in [0.25, 0.3) is 10.0 Å². The van der Waals surface area contributed by atoms with Gasteiger partial charge in [-0.1, -0.05) is 12.1 Å². The van der Waals surface area contributed by atoms with Crippen molar-refractivity contribution in [3.8, 4) is 5.75 Å². The van der Waals surface area contributed by atoms with E-state index in [0.717, 1.165) is 43.3 Å². The van der Waals surface area contributed by atoms with Gasteiger partial charge in [0.2, 0.25) is 0 Å². The lowest BCUT2D eigenvalue weighted by Gasteiger charge is -2.26. The van der Waals surface area contributed by atoms with Crippen molar-refractivity contribution >= 4 is 27.0 Å². The van der Waals surface area contributed by atoms with E-state index in [1.54, 1.807) is 60.9 Å². The zero-order chi connectivity index (χ0) is 22.6. The predicted molar refractivity (Wildman–Crippen MR) is 128 cm³/mol. The summed E-state index contributed by atoms with van der Waals surface area (Å²) in [6, 6.07) is 16.3. The first-order chi connectivity index (χ1) is 15.5. The second-order valence-corrected chi connectivity index (χ2v) is 10.7. The maximum absolute atomic E-state index is 13.6. The highest BCUT2D eigenvalue weighted by atomic mass is 32.2. The topological polar surface area (TPSA) is 59.1 Å². The van der Waals surface area contributed by atoms with E-state index in [-0.39, 0.29) is 6.54 Å². The molecule has 1 aromatic heterocycles. The highest BCUT2D eigenvalue weighted by molar-refractivity contribution is 7.92. The van der Waals surface area contributed by atoms with Crippen LogP contribution in [-0.2, 0) is 27.8 Å². The Hall–Kier alpha value is -2.39. The number of anilines is 1. The fourth-order valence-electron chi connectivity index (χ4n) is 3.72. The first kappa shape index (κ1) is 22.8. The summed E-state index contributed by atoms with van der Waals surface area (Å²) in [5.74, 6) is 0.686. The van der Waals surface area contributed by atoms with Gasteiger partial charge in [0.05, 0.1) is 37.5 Å². The van der Waals surface area contributed by atoms with Crippen molar-refractivity contribution in [1.82, 2.24) is 4.90 Å². The number of ether oxygens (including phenoxy) is 2. The van der Waals surface area contributed by atoms with E-state index in [1.807, 2.05) is 13.0 Å². The normalized spacial score (nSPS) is 14.9. The number of aryl methyl sites for hydroxylation is 1. The smallest absolute Gasteiger partial charge is 0.264 e. The molecular weight excluding hydrogens is 444 g/mol. The van der Waals surface area contributed by atoms with Crippen LogP contribution in [0.1, 0.15) is 16.0 Å². The Balaban J connectivity index is 1.62. The van der Waals surface area contributed by atoms with E-state index in [9.17, 15) is 8.42 Å². The zero-order valence-electron chi connectivity index (χ0n) is 18.4. The van der Waals surface area contributed by atoms with Crippen LogP contribution in [0, 0.1) is 6.92 Å². The third-order valence-corrected chi connectivity index (χ3v) is 8.20. The second kappa shape index (κ2) is 10.0. The van der Waals surface area contributed by atoms with E-state index in [4.69, 9.17) is 9.47 Å². The molecule has 0 N–H and O–H groups in total. The molecule has 170 valence electrons. The van der Waals surface area contributed by atoms with Crippen LogP contribution in [-0.4, -0.2) is 46.7 Å². The number of sulfonamides is 1. The minimum absolute atomic E-state index is 0.274. The van der Waals surface area contributed by atoms with Crippen LogP contribution in [0.15, 0.2) is 64.9 Å². The lowest BCUT2D eigenvalue weighted by Crippen LogP contribution is -2.35. The SMILES string of the molecule is COc1ccc(N(Cc2cc(CN3CCOCC3)cs2)S(=O)(=O)c2cccc(C)c2)cc1. The first-order valence-corrected chi connectivity index (χ1v) is 12.9. The van der Waals surface area contributed by atoms with E-state index in [1.165, 1.54) is 9.87 Å². The molecule has 1 aliphatic rings. The summed E-state index contributed by atoms with van der Waals surface area (Å²) in [6.07, 6.45) is 0. The van der Waals surface area contributed by atoms with E-state index < -0.39 is 10.0 Å². The highest BCUT2D eigenvalue weighted by Crippen LogP contribution is 2.30. The summed E-state index contributed by atoms with van der Waals surface area (Å²) in [6.45, 7) is 6.39. The van der Waals surface area contributed by atoms with Gasteiger partial charge in [-0.05, 0) is 65.9 Å². The average Bonchev–Trinajstić information content (AvgIpc) is 3.25. The fourth-order valence-corrected chi connectivity index (χ4v) is 6.22. The standard InChI is InChI=1S/C24H28N2O4S2/c1-19-4-3-5-24(14-19)32(27,28)26(21-6-8-22(29-2)9-7-21)17-23-15-20(18-31-23)16-25-10-12-30-13-11-25/h3-9,14-15,18H,10-13,16-17H2,1-2H3. The van der Waals surface area contributed by atoms with Gasteiger partial charge in [-0.25, -0.2) is 8.42 Å². The van der Waals surface area contributed by atoms with Crippen molar-refractivity contribution in [3.05, 3.63) is 76.0 Å². The van der Waals surface area contributed by atoms with Crippen LogP contribution < -0.4 is 9.04 Å². The second-order valence-electron chi connectivity index (χ2n) is 7.84. The van der Waals surface area contributed by atoms with E-state index >= 15 is 0 Å². The molecule has 2 aromatic carbocycles. The third-order valence-electron chi connectivity index (χ3n) is 5.46. The number of benzene rings is 2. The molecule has 0 unspecified atom stereocenters. The predicted octanol–water partition coefficient (Wildman–Crippen LogP) is 4.29. The van der Waals surface area contributed by atoms with Gasteiger partial charge in [-0.3, -0.25) is 9.21 Å². The van der Waals surface area contributed by atoms with Gasteiger partial charge in [0.15, 0.2) is 0 Å². The lowest BCUT2D eigenvalue weighted by molar-refractivity contribution is 0.0342. The summed E-state index contributed by atoms with van der Waals surface area (Å²) in [7, 11) is -2.14. The number of morpholine rings is 1. The zero-order valence-corrected chi connectivity index (χ0v) is 20.0. The van der Waals surface area contributed by atoms with Crippen molar-refractivity contribution in [3.63, 3.8) is 0 Å². The van der Waals surface area contributed by atoms with Gasteiger partial charge in [0.1, 0.15) is 5.75 Å². The fraction of sp³-hybridized carbons (Fsp3) is 0.333. The van der Waals surface area contributed by atoms with Crippen molar-refractivity contribution in [2.75, 3.05) is 37.7 Å². The molecule has 6 nitrogen and oxygen atoms in total. The summed E-state index contributed by atoms with van der Waals surface area (Å²) in [5.41, 5.74) is 2.72. The van der Waals surface area contributed by atoms with Crippen molar-refractivity contribution in [2.24, 2.45) is 0 Å². The minimum atomic E-state index is -3.74. The number of hydrogen-bond donors (Lipinski definition) is 0. The molecular formula is C24H28N2O4S2. The largest absolute Gasteiger partial charge is 0.497 e. The maximum atomic E-state index is 13.6. The molecule has 0 saturated carbocycles. The van der Waals surface area contributed by atoms with Crippen LogP contribution >= 0.6 is 11.3 Å². The molecule has 32 heavy (non-hydrogen) atoms. The number of hydrogen-bond acceptors (Lipinski definition) is 6. The van der Waals surface area contributed by atoms with E-state index in [2.05, 4.69) is 16.3 Å². The third kappa shape index (κ3) is 5.32. The minimum Gasteiger partial charge on any atom is -0.497 e. The molecule has 1 saturated heterocycles. The summed E-state index contributed by atoms with van der Waals surface area (Å²) < 4.78 is 39.4. The van der Waals surface area contributed by atoms with Crippen LogP contribution in [0.25, 0.3) is 0 Å². The van der Waals surface area contributed by atoms with Gasteiger partial charge < -0.3 is 9.47 Å². The van der Waals surface area contributed by atoms with Crippen LogP contribution in [0.5, 0.6) is 5.75 Å². The maximum Gasteiger partial charge on any atom is 0.264 e. The average molecular weight is 473 g/mol. The van der Waals surface area contributed by atoms with Crippen molar-refractivity contribution < 1.29 is 17.9 Å². The van der Waals surface area contributed by atoms with Gasteiger partial charge in [-0.15, -0.1) is 11.3 Å². The molecule has 2 heterocycles. The molecule has 0 atom stereocenters. The molecule has 0 amide bonds. The van der Waals surface area contributed by atoms with Crippen molar-refractivity contribution in [2.45, 2.75) is 24.9 Å². The summed E-state index contributed by atoms with van der Waals surface area (Å²) >= 11 is 1.59. The monoisotopic (exact) mass is 472 g/mol.